The molecule has 27 heavy (non-hydrogen) atoms. The zero-order valence-electron chi connectivity index (χ0n) is 14.6. The minimum atomic E-state index is -0.391. The number of pyridine rings is 2. The highest BCUT2D eigenvalue weighted by Gasteiger charge is 2.08. The van der Waals surface area contributed by atoms with Gasteiger partial charge in [-0.25, -0.2) is 9.59 Å². The van der Waals surface area contributed by atoms with E-state index in [0.717, 1.165) is 5.56 Å². The van der Waals surface area contributed by atoms with Crippen LogP contribution in [-0.2, 0) is 0 Å². The van der Waals surface area contributed by atoms with Gasteiger partial charge in [-0.05, 0) is 48.9 Å². The summed E-state index contributed by atoms with van der Waals surface area (Å²) in [6.45, 7) is 1.86. The Morgan fingerprint density at radius 2 is 1.15 bits per heavy atom. The van der Waals surface area contributed by atoms with E-state index in [2.05, 4.69) is 31.2 Å². The molecular formula is C19H18N6O2. The van der Waals surface area contributed by atoms with Crippen molar-refractivity contribution in [1.29, 1.82) is 0 Å². The molecule has 3 rings (SSSR count). The van der Waals surface area contributed by atoms with Crippen LogP contribution in [0.15, 0.2) is 67.3 Å². The Kier molecular flexibility index (Phi) is 5.58. The molecule has 0 saturated carbocycles. The van der Waals surface area contributed by atoms with Gasteiger partial charge in [0, 0.05) is 47.5 Å². The van der Waals surface area contributed by atoms with Gasteiger partial charge in [0.15, 0.2) is 0 Å². The van der Waals surface area contributed by atoms with Gasteiger partial charge >= 0.3 is 12.1 Å². The van der Waals surface area contributed by atoms with E-state index in [1.807, 2.05) is 13.0 Å². The van der Waals surface area contributed by atoms with E-state index in [9.17, 15) is 9.59 Å². The number of carbonyl (C=O) groups is 2. The second kappa shape index (κ2) is 8.43. The molecule has 0 fully saturated rings. The molecule has 4 N–H and O–H groups in total. The molecule has 0 aliphatic heterocycles. The molecule has 0 radical (unpaired) electrons. The number of anilines is 4. The molecule has 0 atom stereocenters. The summed E-state index contributed by atoms with van der Waals surface area (Å²) in [7, 11) is 0. The number of aromatic nitrogens is 2. The molecule has 0 saturated heterocycles. The Bertz CT molecular complexity index is 931. The van der Waals surface area contributed by atoms with Crippen LogP contribution in [0.25, 0.3) is 0 Å². The molecule has 0 aliphatic carbocycles. The van der Waals surface area contributed by atoms with Gasteiger partial charge < -0.3 is 21.3 Å². The first-order chi connectivity index (χ1) is 13.1. The minimum absolute atomic E-state index is 0.386. The number of urea groups is 2. The highest BCUT2D eigenvalue weighted by atomic mass is 16.2. The SMILES string of the molecule is Cc1ccc(NC(=O)Nc2ccncc2)cc1NC(=O)Nc1ccncc1. The Balaban J connectivity index is 1.63. The largest absolute Gasteiger partial charge is 0.323 e. The van der Waals surface area contributed by atoms with Crippen molar-refractivity contribution in [2.45, 2.75) is 6.92 Å². The monoisotopic (exact) mass is 362 g/mol. The number of carbonyl (C=O) groups excluding carboxylic acids is 2. The van der Waals surface area contributed by atoms with E-state index in [-0.39, 0.29) is 6.03 Å². The van der Waals surface area contributed by atoms with Crippen LogP contribution in [-0.4, -0.2) is 22.0 Å². The topological polar surface area (TPSA) is 108 Å². The van der Waals surface area contributed by atoms with Gasteiger partial charge in [0.05, 0.1) is 0 Å². The summed E-state index contributed by atoms with van der Waals surface area (Å²) in [4.78, 5) is 32.0. The summed E-state index contributed by atoms with van der Waals surface area (Å²) >= 11 is 0. The third-order valence-electron chi connectivity index (χ3n) is 3.62. The minimum Gasteiger partial charge on any atom is -0.308 e. The predicted octanol–water partition coefficient (Wildman–Crippen LogP) is 4.07. The van der Waals surface area contributed by atoms with Crippen LogP contribution in [0.3, 0.4) is 0 Å². The molecular weight excluding hydrogens is 344 g/mol. The van der Waals surface area contributed by atoms with Crippen LogP contribution < -0.4 is 21.3 Å². The van der Waals surface area contributed by atoms with Crippen molar-refractivity contribution in [2.75, 3.05) is 21.3 Å². The molecule has 8 heteroatoms. The maximum absolute atomic E-state index is 12.2. The van der Waals surface area contributed by atoms with Crippen molar-refractivity contribution in [2.24, 2.45) is 0 Å². The molecule has 2 heterocycles. The molecule has 8 nitrogen and oxygen atoms in total. The van der Waals surface area contributed by atoms with E-state index < -0.39 is 6.03 Å². The van der Waals surface area contributed by atoms with Crippen molar-refractivity contribution in [3.8, 4) is 0 Å². The maximum atomic E-state index is 12.2. The van der Waals surface area contributed by atoms with Crippen molar-refractivity contribution >= 4 is 34.8 Å². The fraction of sp³-hybridized carbons (Fsp3) is 0.0526. The highest BCUT2D eigenvalue weighted by molar-refractivity contribution is 6.02. The standard InChI is InChI=1S/C19H18N6O2/c1-13-2-3-16(24-18(26)22-14-4-8-20-9-5-14)12-17(13)25-19(27)23-15-6-10-21-11-7-15/h2-12H,1H3,(H2,20,22,24,26)(H2,21,23,25,27). The van der Waals surface area contributed by atoms with Gasteiger partial charge in [0.1, 0.15) is 0 Å². The molecule has 2 aromatic heterocycles. The number of nitrogens with zero attached hydrogens (tertiary/aromatic N) is 2. The fourth-order valence-corrected chi connectivity index (χ4v) is 2.28. The molecule has 136 valence electrons. The zero-order valence-corrected chi connectivity index (χ0v) is 14.6. The highest BCUT2D eigenvalue weighted by Crippen LogP contribution is 2.21. The summed E-state index contributed by atoms with van der Waals surface area (Å²) in [6, 6.07) is 11.2. The van der Waals surface area contributed by atoms with E-state index in [1.165, 1.54) is 0 Å². The van der Waals surface area contributed by atoms with Gasteiger partial charge in [-0.3, -0.25) is 9.97 Å². The van der Waals surface area contributed by atoms with E-state index >= 15 is 0 Å². The van der Waals surface area contributed by atoms with Gasteiger partial charge in [-0.1, -0.05) is 6.07 Å². The average molecular weight is 362 g/mol. The van der Waals surface area contributed by atoms with E-state index in [0.29, 0.717) is 22.7 Å². The third kappa shape index (κ3) is 5.27. The maximum Gasteiger partial charge on any atom is 0.323 e. The number of nitrogens with one attached hydrogen (secondary N) is 4. The lowest BCUT2D eigenvalue weighted by molar-refractivity contribution is 0.261. The number of hydrogen-bond acceptors (Lipinski definition) is 4. The summed E-state index contributed by atoms with van der Waals surface area (Å²) in [5.41, 5.74) is 3.26. The van der Waals surface area contributed by atoms with Crippen LogP contribution in [0.2, 0.25) is 0 Å². The van der Waals surface area contributed by atoms with Gasteiger partial charge in [-0.2, -0.15) is 0 Å². The molecule has 0 spiro atoms. The van der Waals surface area contributed by atoms with Crippen molar-refractivity contribution in [3.05, 3.63) is 72.8 Å². The first-order valence-electron chi connectivity index (χ1n) is 8.17. The van der Waals surface area contributed by atoms with Gasteiger partial charge in [0.25, 0.3) is 0 Å². The summed E-state index contributed by atoms with van der Waals surface area (Å²) < 4.78 is 0. The van der Waals surface area contributed by atoms with Crippen molar-refractivity contribution in [1.82, 2.24) is 9.97 Å². The fourth-order valence-electron chi connectivity index (χ4n) is 2.28. The Hall–Kier alpha value is -3.94. The lowest BCUT2D eigenvalue weighted by Crippen LogP contribution is -2.21. The molecule has 0 unspecified atom stereocenters. The number of rotatable bonds is 4. The van der Waals surface area contributed by atoms with Crippen LogP contribution >= 0.6 is 0 Å². The molecule has 1 aromatic carbocycles. The number of aryl methyl sites for hydroxylation is 1. The zero-order chi connectivity index (χ0) is 19.1. The smallest absolute Gasteiger partial charge is 0.308 e. The van der Waals surface area contributed by atoms with Gasteiger partial charge in [0.2, 0.25) is 0 Å². The van der Waals surface area contributed by atoms with Crippen molar-refractivity contribution < 1.29 is 9.59 Å². The van der Waals surface area contributed by atoms with Crippen LogP contribution in [0.1, 0.15) is 5.56 Å². The van der Waals surface area contributed by atoms with Gasteiger partial charge in [-0.15, -0.1) is 0 Å². The van der Waals surface area contributed by atoms with E-state index in [1.54, 1.807) is 61.2 Å². The lowest BCUT2D eigenvalue weighted by Gasteiger charge is -2.13. The number of hydrogen-bond donors (Lipinski definition) is 4. The summed E-state index contributed by atoms with van der Waals surface area (Å²) in [6.07, 6.45) is 6.36. The normalized spacial score (nSPS) is 9.96. The second-order valence-electron chi connectivity index (χ2n) is 5.66. The Morgan fingerprint density at radius 1 is 0.667 bits per heavy atom. The third-order valence-corrected chi connectivity index (χ3v) is 3.62. The Morgan fingerprint density at radius 3 is 1.70 bits per heavy atom. The Labute approximate surface area is 156 Å². The predicted molar refractivity (Wildman–Crippen MR) is 105 cm³/mol. The first kappa shape index (κ1) is 17.9. The number of benzene rings is 1. The lowest BCUT2D eigenvalue weighted by atomic mass is 10.2. The van der Waals surface area contributed by atoms with Crippen LogP contribution in [0, 0.1) is 6.92 Å². The molecule has 4 amide bonds. The average Bonchev–Trinajstić information content (AvgIpc) is 2.66. The van der Waals surface area contributed by atoms with E-state index in [4.69, 9.17) is 0 Å². The molecule has 0 aliphatic rings. The molecule has 0 bridgehead atoms. The summed E-state index contributed by atoms with van der Waals surface area (Å²) in [5, 5.41) is 10.9. The second-order valence-corrected chi connectivity index (χ2v) is 5.66. The quantitative estimate of drug-likeness (QED) is 0.561. The number of amides is 4. The first-order valence-corrected chi connectivity index (χ1v) is 8.17. The van der Waals surface area contributed by atoms with Crippen molar-refractivity contribution in [3.63, 3.8) is 0 Å². The summed E-state index contributed by atoms with van der Waals surface area (Å²) in [5.74, 6) is 0. The van der Waals surface area contributed by atoms with Crippen LogP contribution in [0.5, 0.6) is 0 Å². The molecule has 3 aromatic rings. The van der Waals surface area contributed by atoms with Crippen LogP contribution in [0.4, 0.5) is 32.3 Å².